The number of aromatic hydroxyl groups is 1. The molecular formula is C31H33ClN6O. The number of phenols is 1. The van der Waals surface area contributed by atoms with Crippen LogP contribution in [0.1, 0.15) is 26.3 Å². The molecule has 0 aliphatic heterocycles. The average molecular weight is 541 g/mol. The van der Waals surface area contributed by atoms with Crippen molar-refractivity contribution in [1.29, 1.82) is 0 Å². The van der Waals surface area contributed by atoms with Crippen LogP contribution in [-0.2, 0) is 0 Å². The molecular weight excluding hydrogens is 508 g/mol. The molecule has 0 saturated carbocycles. The minimum absolute atomic E-state index is 0. The number of hydrogen-bond acceptors (Lipinski definition) is 6. The van der Waals surface area contributed by atoms with Gasteiger partial charge in [-0.1, -0.05) is 18.2 Å². The summed E-state index contributed by atoms with van der Waals surface area (Å²) in [4.78, 5) is 7.30. The van der Waals surface area contributed by atoms with Gasteiger partial charge in [0.1, 0.15) is 22.5 Å². The van der Waals surface area contributed by atoms with E-state index in [2.05, 4.69) is 69.2 Å². The van der Waals surface area contributed by atoms with E-state index in [4.69, 9.17) is 4.98 Å². The SMILES string of the molecule is CCNc1cc(O)c(N=Nc2ccc3nc4ccc(N(CC)CC)cc4[n+](-c4ccccc4)c3c2)cc1C.[Cl-]. The lowest BCUT2D eigenvalue weighted by Crippen LogP contribution is -3.00. The second kappa shape index (κ2) is 12.1. The Hall–Kier alpha value is -4.23. The van der Waals surface area contributed by atoms with E-state index >= 15 is 0 Å². The molecule has 0 saturated heterocycles. The Labute approximate surface area is 235 Å². The van der Waals surface area contributed by atoms with Crippen LogP contribution >= 0.6 is 0 Å². The number of aryl methyl sites for hydroxylation is 1. The Morgan fingerprint density at radius 1 is 0.846 bits per heavy atom. The molecule has 5 rings (SSSR count). The van der Waals surface area contributed by atoms with Crippen LogP contribution in [0.25, 0.3) is 27.8 Å². The fourth-order valence-corrected chi connectivity index (χ4v) is 4.79. The van der Waals surface area contributed by atoms with Gasteiger partial charge in [-0.25, -0.2) is 4.98 Å². The summed E-state index contributed by atoms with van der Waals surface area (Å²) in [7, 11) is 0. The molecule has 2 N–H and O–H groups in total. The summed E-state index contributed by atoms with van der Waals surface area (Å²) in [6.07, 6.45) is 0. The number of nitrogens with zero attached hydrogens (tertiary/aromatic N) is 5. The molecule has 4 aromatic carbocycles. The first-order valence-electron chi connectivity index (χ1n) is 13.1. The van der Waals surface area contributed by atoms with Crippen molar-refractivity contribution < 1.29 is 22.1 Å². The molecule has 0 fully saturated rings. The van der Waals surface area contributed by atoms with Crippen LogP contribution in [0.4, 0.5) is 22.7 Å². The predicted molar refractivity (Wildman–Crippen MR) is 156 cm³/mol. The smallest absolute Gasteiger partial charge is 0.239 e. The molecule has 39 heavy (non-hydrogen) atoms. The van der Waals surface area contributed by atoms with E-state index in [1.165, 1.54) is 0 Å². The van der Waals surface area contributed by atoms with Gasteiger partial charge in [-0.3, -0.25) is 0 Å². The molecule has 7 nitrogen and oxygen atoms in total. The molecule has 0 atom stereocenters. The van der Waals surface area contributed by atoms with Gasteiger partial charge in [-0.05, 0) is 63.6 Å². The largest absolute Gasteiger partial charge is 1.00 e. The lowest BCUT2D eigenvalue weighted by atomic mass is 10.1. The highest BCUT2D eigenvalue weighted by Gasteiger charge is 2.21. The third kappa shape index (κ3) is 5.64. The average Bonchev–Trinajstić information content (AvgIpc) is 2.94. The highest BCUT2D eigenvalue weighted by atomic mass is 35.5. The zero-order chi connectivity index (χ0) is 26.6. The Bertz CT molecular complexity index is 1630. The molecule has 0 amide bonds. The zero-order valence-electron chi connectivity index (χ0n) is 22.7. The van der Waals surface area contributed by atoms with Crippen molar-refractivity contribution >= 4 is 44.8 Å². The van der Waals surface area contributed by atoms with E-state index in [-0.39, 0.29) is 18.2 Å². The quantitative estimate of drug-likeness (QED) is 0.174. The van der Waals surface area contributed by atoms with Crippen LogP contribution in [0, 0.1) is 6.92 Å². The van der Waals surface area contributed by atoms with Crippen LogP contribution in [0.3, 0.4) is 0 Å². The van der Waals surface area contributed by atoms with Gasteiger partial charge >= 0.3 is 0 Å². The van der Waals surface area contributed by atoms with Crippen molar-refractivity contribution in [3.8, 4) is 11.4 Å². The van der Waals surface area contributed by atoms with Crippen LogP contribution in [0.15, 0.2) is 89.1 Å². The van der Waals surface area contributed by atoms with E-state index < -0.39 is 0 Å². The number of anilines is 2. The number of aromatic nitrogens is 2. The predicted octanol–water partition coefficient (Wildman–Crippen LogP) is 4.38. The van der Waals surface area contributed by atoms with Gasteiger partial charge in [0.05, 0.1) is 5.69 Å². The van der Waals surface area contributed by atoms with Gasteiger partial charge in [0.2, 0.25) is 16.7 Å². The van der Waals surface area contributed by atoms with Gasteiger partial charge in [0.15, 0.2) is 0 Å². The number of azo groups is 1. The lowest BCUT2D eigenvalue weighted by Gasteiger charge is -2.20. The maximum absolute atomic E-state index is 10.5. The summed E-state index contributed by atoms with van der Waals surface area (Å²) < 4.78 is 2.23. The van der Waals surface area contributed by atoms with E-state index in [1.807, 2.05) is 56.3 Å². The van der Waals surface area contributed by atoms with Gasteiger partial charge in [-0.2, -0.15) is 5.11 Å². The van der Waals surface area contributed by atoms with Crippen molar-refractivity contribution in [3.05, 3.63) is 84.4 Å². The first-order chi connectivity index (χ1) is 18.5. The Morgan fingerprint density at radius 2 is 1.54 bits per heavy atom. The number of nitrogens with one attached hydrogen (secondary N) is 1. The third-order valence-electron chi connectivity index (χ3n) is 6.75. The third-order valence-corrected chi connectivity index (χ3v) is 6.75. The molecule has 1 heterocycles. The molecule has 5 aromatic rings. The first kappa shape index (κ1) is 27.8. The van der Waals surface area contributed by atoms with E-state index in [9.17, 15) is 5.11 Å². The summed E-state index contributed by atoms with van der Waals surface area (Å²) in [6.45, 7) is 11.0. The second-order valence-corrected chi connectivity index (χ2v) is 9.19. The van der Waals surface area contributed by atoms with Crippen LogP contribution in [-0.4, -0.2) is 29.7 Å². The Morgan fingerprint density at radius 3 is 2.23 bits per heavy atom. The Balaban J connectivity index is 0.00000353. The molecule has 0 bridgehead atoms. The lowest BCUT2D eigenvalue weighted by molar-refractivity contribution is -0.538. The molecule has 1 aromatic heterocycles. The highest BCUT2D eigenvalue weighted by Crippen LogP contribution is 2.34. The van der Waals surface area contributed by atoms with E-state index in [1.54, 1.807) is 6.07 Å². The fraction of sp³-hybridized carbons (Fsp3) is 0.226. The standard InChI is InChI=1S/C31H32N6O.ClH/c1-5-32-27-20-31(38)28(17-21(27)4)35-34-22-13-15-25-29(18-22)37(23-11-9-8-10-12-23)30-19-24(36(6-2)7-3)14-16-26(30)33-25;/h8-20H,5-7H2,1-4H3,(H,32,38);1H. The maximum atomic E-state index is 10.5. The van der Waals surface area contributed by atoms with Crippen molar-refractivity contribution in [3.63, 3.8) is 0 Å². The van der Waals surface area contributed by atoms with Crippen molar-refractivity contribution in [2.45, 2.75) is 27.7 Å². The van der Waals surface area contributed by atoms with E-state index in [0.717, 1.165) is 64.3 Å². The molecule has 0 radical (unpaired) electrons. The number of benzene rings is 4. The highest BCUT2D eigenvalue weighted by molar-refractivity contribution is 5.85. The number of hydrogen-bond donors (Lipinski definition) is 2. The van der Waals surface area contributed by atoms with Gasteiger partial charge in [0.25, 0.3) is 0 Å². The van der Waals surface area contributed by atoms with E-state index in [0.29, 0.717) is 11.4 Å². The van der Waals surface area contributed by atoms with Crippen LogP contribution in [0.2, 0.25) is 0 Å². The van der Waals surface area contributed by atoms with Crippen LogP contribution in [0.5, 0.6) is 5.75 Å². The molecule has 200 valence electrons. The summed E-state index contributed by atoms with van der Waals surface area (Å²) in [5.41, 5.74) is 8.95. The second-order valence-electron chi connectivity index (χ2n) is 9.19. The maximum Gasteiger partial charge on any atom is 0.239 e. The van der Waals surface area contributed by atoms with Gasteiger partial charge < -0.3 is 27.7 Å². The van der Waals surface area contributed by atoms with Crippen molar-refractivity contribution in [1.82, 2.24) is 4.98 Å². The summed E-state index contributed by atoms with van der Waals surface area (Å²) in [6, 6.07) is 26.2. The summed E-state index contributed by atoms with van der Waals surface area (Å²) in [5.74, 6) is 0.0898. The van der Waals surface area contributed by atoms with Crippen LogP contribution < -0.4 is 27.2 Å². The molecule has 0 unspecified atom stereocenters. The summed E-state index contributed by atoms with van der Waals surface area (Å²) in [5, 5.41) is 22.6. The first-order valence-corrected chi connectivity index (χ1v) is 13.1. The van der Waals surface area contributed by atoms with Gasteiger partial charge in [0, 0.05) is 61.3 Å². The minimum atomic E-state index is 0. The molecule has 0 aliphatic carbocycles. The number of rotatable bonds is 8. The zero-order valence-corrected chi connectivity index (χ0v) is 23.4. The Kier molecular flexibility index (Phi) is 8.62. The van der Waals surface area contributed by atoms with Crippen molar-refractivity contribution in [2.75, 3.05) is 29.9 Å². The monoisotopic (exact) mass is 540 g/mol. The van der Waals surface area contributed by atoms with Crippen molar-refractivity contribution in [2.24, 2.45) is 10.2 Å². The number of para-hydroxylation sites is 1. The minimum Gasteiger partial charge on any atom is -1.00 e. The normalized spacial score (nSPS) is 11.2. The topological polar surface area (TPSA) is 77.0 Å². The van der Waals surface area contributed by atoms with Gasteiger partial charge in [-0.15, -0.1) is 9.68 Å². The number of phenolic OH excluding ortho intramolecular Hbond substituents is 1. The number of fused-ring (bicyclic) bond motifs is 2. The summed E-state index contributed by atoms with van der Waals surface area (Å²) >= 11 is 0. The fourth-order valence-electron chi connectivity index (χ4n) is 4.79. The molecule has 0 spiro atoms. The molecule has 8 heteroatoms. The molecule has 0 aliphatic rings. The number of halogens is 1.